The molecule has 0 aliphatic carbocycles. The van der Waals surface area contributed by atoms with Crippen molar-refractivity contribution in [2.24, 2.45) is 0 Å². The van der Waals surface area contributed by atoms with Crippen LogP contribution in [0.5, 0.6) is 0 Å². The maximum Gasteiger partial charge on any atom is 0.00413 e. The van der Waals surface area contributed by atoms with Gasteiger partial charge in [0.1, 0.15) is 0 Å². The van der Waals surface area contributed by atoms with Crippen molar-refractivity contribution in [1.29, 1.82) is 0 Å². The molecule has 0 saturated heterocycles. The molecular formula is C23H52N4. The third-order valence-corrected chi connectivity index (χ3v) is 5.65. The van der Waals surface area contributed by atoms with Gasteiger partial charge in [-0.05, 0) is 120 Å². The number of hydrogen-bond acceptors (Lipinski definition) is 4. The van der Waals surface area contributed by atoms with E-state index in [0.717, 1.165) is 19.6 Å². The normalized spacial score (nSPS) is 12.9. The molecule has 0 radical (unpaired) electrons. The molecular weight excluding hydrogens is 332 g/mol. The summed E-state index contributed by atoms with van der Waals surface area (Å²) in [6.45, 7) is 29.0. The van der Waals surface area contributed by atoms with Crippen molar-refractivity contribution in [1.82, 2.24) is 20.0 Å². The molecule has 0 aromatic heterocycles. The molecule has 0 heterocycles. The Hall–Kier alpha value is -0.160. The number of nitrogens with one attached hydrogen (secondary N) is 1. The molecule has 0 fully saturated rings. The monoisotopic (exact) mass is 384 g/mol. The van der Waals surface area contributed by atoms with Crippen LogP contribution in [0.15, 0.2) is 0 Å². The summed E-state index contributed by atoms with van der Waals surface area (Å²) in [5.74, 6) is 0. The first-order chi connectivity index (χ1) is 12.7. The average Bonchev–Trinajstić information content (AvgIpc) is 2.57. The standard InChI is InChI=1S/C23H52N4/c1-10-25(20(2)3)16-11-14-24-15-12-17-26(21(4)5)18-13-19-27(22(6)7)23(8)9/h20-24H,10-19H2,1-9H3. The van der Waals surface area contributed by atoms with Crippen LogP contribution >= 0.6 is 0 Å². The molecule has 0 unspecified atom stereocenters. The van der Waals surface area contributed by atoms with Crippen molar-refractivity contribution >= 4 is 0 Å². The van der Waals surface area contributed by atoms with E-state index in [2.05, 4.69) is 82.3 Å². The topological polar surface area (TPSA) is 21.8 Å². The van der Waals surface area contributed by atoms with Crippen molar-refractivity contribution in [3.63, 3.8) is 0 Å². The van der Waals surface area contributed by atoms with Gasteiger partial charge in [0.05, 0.1) is 0 Å². The van der Waals surface area contributed by atoms with Gasteiger partial charge in [0, 0.05) is 24.2 Å². The molecule has 0 aromatic rings. The first kappa shape index (κ1) is 26.8. The van der Waals surface area contributed by atoms with Gasteiger partial charge in [-0.15, -0.1) is 0 Å². The van der Waals surface area contributed by atoms with E-state index in [-0.39, 0.29) is 0 Å². The number of hydrogen-bond donors (Lipinski definition) is 1. The minimum Gasteiger partial charge on any atom is -0.317 e. The Labute approximate surface area is 172 Å². The van der Waals surface area contributed by atoms with Gasteiger partial charge in [0.25, 0.3) is 0 Å². The van der Waals surface area contributed by atoms with Crippen LogP contribution in [0.1, 0.15) is 81.6 Å². The largest absolute Gasteiger partial charge is 0.317 e. The molecule has 4 heteroatoms. The van der Waals surface area contributed by atoms with Crippen LogP contribution in [-0.2, 0) is 0 Å². The van der Waals surface area contributed by atoms with E-state index in [4.69, 9.17) is 0 Å². The lowest BCUT2D eigenvalue weighted by Gasteiger charge is -2.32. The highest BCUT2D eigenvalue weighted by Crippen LogP contribution is 2.08. The van der Waals surface area contributed by atoms with Crippen LogP contribution < -0.4 is 5.32 Å². The van der Waals surface area contributed by atoms with Gasteiger partial charge >= 0.3 is 0 Å². The minimum atomic E-state index is 0.640. The molecule has 0 aliphatic rings. The lowest BCUT2D eigenvalue weighted by atomic mass is 10.2. The Morgan fingerprint density at radius 2 is 1.00 bits per heavy atom. The van der Waals surface area contributed by atoms with Crippen molar-refractivity contribution in [3.8, 4) is 0 Å². The lowest BCUT2D eigenvalue weighted by Crippen LogP contribution is -2.40. The van der Waals surface area contributed by atoms with Gasteiger partial charge in [-0.2, -0.15) is 0 Å². The predicted molar refractivity (Wildman–Crippen MR) is 123 cm³/mol. The van der Waals surface area contributed by atoms with Crippen LogP contribution in [0.25, 0.3) is 0 Å². The summed E-state index contributed by atoms with van der Waals surface area (Å²) >= 11 is 0. The summed E-state index contributed by atoms with van der Waals surface area (Å²) in [5, 5.41) is 3.64. The Morgan fingerprint density at radius 1 is 0.556 bits per heavy atom. The highest BCUT2D eigenvalue weighted by molar-refractivity contribution is 4.70. The Kier molecular flexibility index (Phi) is 15.6. The molecule has 164 valence electrons. The second-order valence-corrected chi connectivity index (χ2v) is 9.09. The maximum atomic E-state index is 3.64. The van der Waals surface area contributed by atoms with Crippen LogP contribution in [0.4, 0.5) is 0 Å². The van der Waals surface area contributed by atoms with E-state index >= 15 is 0 Å². The van der Waals surface area contributed by atoms with Crippen LogP contribution in [0, 0.1) is 0 Å². The fourth-order valence-corrected chi connectivity index (χ4v) is 3.92. The first-order valence-electron chi connectivity index (χ1n) is 11.6. The van der Waals surface area contributed by atoms with Crippen LogP contribution in [-0.4, -0.2) is 84.7 Å². The fraction of sp³-hybridized carbons (Fsp3) is 1.00. The minimum absolute atomic E-state index is 0.640. The third kappa shape index (κ3) is 12.8. The van der Waals surface area contributed by atoms with Crippen molar-refractivity contribution in [3.05, 3.63) is 0 Å². The van der Waals surface area contributed by atoms with E-state index in [1.807, 2.05) is 0 Å². The molecule has 1 N–H and O–H groups in total. The number of rotatable bonds is 17. The summed E-state index contributed by atoms with van der Waals surface area (Å²) in [5.41, 5.74) is 0. The molecule has 0 aliphatic heterocycles. The first-order valence-corrected chi connectivity index (χ1v) is 11.6. The van der Waals surface area contributed by atoms with Crippen molar-refractivity contribution in [2.45, 2.75) is 106 Å². The molecule has 0 amide bonds. The van der Waals surface area contributed by atoms with E-state index in [1.165, 1.54) is 45.4 Å². The van der Waals surface area contributed by atoms with E-state index in [1.54, 1.807) is 0 Å². The molecule has 0 atom stereocenters. The maximum absolute atomic E-state index is 3.64. The summed E-state index contributed by atoms with van der Waals surface area (Å²) in [4.78, 5) is 7.80. The highest BCUT2D eigenvalue weighted by atomic mass is 15.2. The van der Waals surface area contributed by atoms with E-state index in [0.29, 0.717) is 24.2 Å². The number of nitrogens with zero attached hydrogens (tertiary/aromatic N) is 3. The third-order valence-electron chi connectivity index (χ3n) is 5.65. The van der Waals surface area contributed by atoms with Gasteiger partial charge in [-0.3, -0.25) is 4.90 Å². The van der Waals surface area contributed by atoms with Gasteiger partial charge in [0.15, 0.2) is 0 Å². The zero-order valence-electron chi connectivity index (χ0n) is 20.2. The Bertz CT molecular complexity index is 320. The summed E-state index contributed by atoms with van der Waals surface area (Å²) in [7, 11) is 0. The zero-order chi connectivity index (χ0) is 20.8. The zero-order valence-corrected chi connectivity index (χ0v) is 20.2. The summed E-state index contributed by atoms with van der Waals surface area (Å²) < 4.78 is 0. The Balaban J connectivity index is 3.93. The van der Waals surface area contributed by atoms with Gasteiger partial charge in [-0.25, -0.2) is 0 Å². The van der Waals surface area contributed by atoms with Crippen molar-refractivity contribution < 1.29 is 0 Å². The molecule has 0 saturated carbocycles. The molecule has 4 nitrogen and oxygen atoms in total. The van der Waals surface area contributed by atoms with Gasteiger partial charge < -0.3 is 15.1 Å². The molecule has 0 bridgehead atoms. The van der Waals surface area contributed by atoms with Crippen molar-refractivity contribution in [2.75, 3.05) is 45.8 Å². The quantitative estimate of drug-likeness (QED) is 0.377. The highest BCUT2D eigenvalue weighted by Gasteiger charge is 2.14. The van der Waals surface area contributed by atoms with E-state index < -0.39 is 0 Å². The second kappa shape index (κ2) is 15.7. The average molecular weight is 385 g/mol. The second-order valence-electron chi connectivity index (χ2n) is 9.09. The predicted octanol–water partition coefficient (Wildman–Crippen LogP) is 4.31. The van der Waals surface area contributed by atoms with Gasteiger partial charge in [-0.1, -0.05) is 6.92 Å². The van der Waals surface area contributed by atoms with Crippen LogP contribution in [0.2, 0.25) is 0 Å². The molecule has 0 spiro atoms. The SMILES string of the molecule is CCN(CCCNCCCN(CCCN(C(C)C)C(C)C)C(C)C)C(C)C. The Morgan fingerprint density at radius 3 is 1.41 bits per heavy atom. The molecule has 0 rings (SSSR count). The van der Waals surface area contributed by atoms with E-state index in [9.17, 15) is 0 Å². The van der Waals surface area contributed by atoms with Crippen LogP contribution in [0.3, 0.4) is 0 Å². The fourth-order valence-electron chi connectivity index (χ4n) is 3.92. The lowest BCUT2D eigenvalue weighted by molar-refractivity contribution is 0.151. The smallest absolute Gasteiger partial charge is 0.00413 e. The molecule has 0 aromatic carbocycles. The summed E-state index contributed by atoms with van der Waals surface area (Å²) in [6, 6.07) is 2.58. The summed E-state index contributed by atoms with van der Waals surface area (Å²) in [6.07, 6.45) is 3.77. The molecule has 27 heavy (non-hydrogen) atoms. The van der Waals surface area contributed by atoms with Gasteiger partial charge in [0.2, 0.25) is 0 Å².